The molecule has 0 saturated carbocycles. The lowest BCUT2D eigenvalue weighted by molar-refractivity contribution is -0.142. The normalized spacial score (nSPS) is 12.0. The van der Waals surface area contributed by atoms with Crippen molar-refractivity contribution in [3.8, 4) is 0 Å². The lowest BCUT2D eigenvalue weighted by Crippen LogP contribution is -2.17. The Morgan fingerprint density at radius 1 is 1.55 bits per heavy atom. The Morgan fingerprint density at radius 3 is 2.55 bits per heavy atom. The zero-order chi connectivity index (χ0) is 8.48. The average molecular weight is 165 g/mol. The van der Waals surface area contributed by atoms with Crippen molar-refractivity contribution in [2.24, 2.45) is 0 Å². The summed E-state index contributed by atoms with van der Waals surface area (Å²) in [6.45, 7) is 0.508. The third-order valence-corrected chi connectivity index (χ3v) is 0.994. The minimum absolute atomic E-state index is 0.481. The quantitative estimate of drug-likeness (QED) is 0.624. The van der Waals surface area contributed by atoms with Crippen LogP contribution >= 0.6 is 0 Å². The number of hydrogen-bond donors (Lipinski definition) is 0. The Kier molecular flexibility index (Phi) is 1.84. The third-order valence-electron chi connectivity index (χ3n) is 0.994. The van der Waals surface area contributed by atoms with Crippen LogP contribution in [0.1, 0.15) is 5.69 Å². The molecule has 0 saturated heterocycles. The van der Waals surface area contributed by atoms with Crippen molar-refractivity contribution in [2.45, 2.75) is 19.6 Å². The summed E-state index contributed by atoms with van der Waals surface area (Å²) in [5.41, 5.74) is 0.481. The number of rotatable bonds is 1. The molecule has 0 unspecified atom stereocenters. The number of hydrogen-bond acceptors (Lipinski definition) is 2. The van der Waals surface area contributed by atoms with Crippen LogP contribution in [0.4, 0.5) is 13.2 Å². The number of halogens is 3. The van der Waals surface area contributed by atoms with E-state index in [1.165, 1.54) is 6.20 Å². The summed E-state index contributed by atoms with van der Waals surface area (Å²) in [6, 6.07) is 0. The van der Waals surface area contributed by atoms with Gasteiger partial charge in [-0.15, -0.1) is 5.10 Å². The molecule has 62 valence electrons. The van der Waals surface area contributed by atoms with Gasteiger partial charge < -0.3 is 0 Å². The monoisotopic (exact) mass is 165 g/mol. The molecule has 6 heteroatoms. The molecule has 0 aromatic carbocycles. The van der Waals surface area contributed by atoms with Gasteiger partial charge >= 0.3 is 6.18 Å². The van der Waals surface area contributed by atoms with E-state index in [0.717, 1.165) is 4.68 Å². The fraction of sp³-hybridized carbons (Fsp3) is 0.600. The highest BCUT2D eigenvalue weighted by Crippen LogP contribution is 2.16. The molecular formula is C5H6F3N3. The van der Waals surface area contributed by atoms with E-state index in [-0.39, 0.29) is 0 Å². The Balaban J connectivity index is 2.65. The van der Waals surface area contributed by atoms with E-state index in [4.69, 9.17) is 0 Å². The molecule has 0 aliphatic heterocycles. The molecule has 0 amide bonds. The molecule has 3 nitrogen and oxygen atoms in total. The second-order valence-electron chi connectivity index (χ2n) is 2.17. The SMILES string of the molecule is Cc1cn(CC(F)(F)F)nn1. The Bertz CT molecular complexity index is 239. The molecule has 0 aliphatic rings. The van der Waals surface area contributed by atoms with Gasteiger partial charge in [0.25, 0.3) is 0 Å². The van der Waals surface area contributed by atoms with Crippen LogP contribution in [0.2, 0.25) is 0 Å². The molecule has 0 atom stereocenters. The van der Waals surface area contributed by atoms with E-state index in [9.17, 15) is 13.2 Å². The third kappa shape index (κ3) is 2.57. The number of alkyl halides is 3. The van der Waals surface area contributed by atoms with E-state index in [1.807, 2.05) is 0 Å². The summed E-state index contributed by atoms with van der Waals surface area (Å²) in [5, 5.41) is 6.66. The zero-order valence-corrected chi connectivity index (χ0v) is 5.76. The largest absolute Gasteiger partial charge is 0.408 e. The molecule has 11 heavy (non-hydrogen) atoms. The highest BCUT2D eigenvalue weighted by Gasteiger charge is 2.28. The first kappa shape index (κ1) is 8.03. The molecule has 0 bridgehead atoms. The molecule has 1 rings (SSSR count). The van der Waals surface area contributed by atoms with E-state index < -0.39 is 12.7 Å². The molecule has 0 N–H and O–H groups in total. The molecule has 0 aliphatic carbocycles. The van der Waals surface area contributed by atoms with Crippen LogP contribution < -0.4 is 0 Å². The predicted octanol–water partition coefficient (Wildman–Crippen LogP) is 1.15. The number of nitrogens with zero attached hydrogens (tertiary/aromatic N) is 3. The second-order valence-corrected chi connectivity index (χ2v) is 2.17. The van der Waals surface area contributed by atoms with Crippen LogP contribution in [0.25, 0.3) is 0 Å². The first-order valence-electron chi connectivity index (χ1n) is 2.91. The van der Waals surface area contributed by atoms with Gasteiger partial charge in [0, 0.05) is 6.20 Å². The number of aryl methyl sites for hydroxylation is 1. The molecule has 1 aromatic rings. The molecule has 1 aromatic heterocycles. The lowest BCUT2D eigenvalue weighted by atomic mass is 10.5. The fourth-order valence-corrected chi connectivity index (χ4v) is 0.656. The van der Waals surface area contributed by atoms with Crippen LogP contribution in [0.3, 0.4) is 0 Å². The van der Waals surface area contributed by atoms with Gasteiger partial charge in [-0.1, -0.05) is 5.21 Å². The van der Waals surface area contributed by atoms with E-state index in [1.54, 1.807) is 6.92 Å². The topological polar surface area (TPSA) is 30.7 Å². The summed E-state index contributed by atoms with van der Waals surface area (Å²) in [4.78, 5) is 0. The Labute approximate surface area is 60.8 Å². The van der Waals surface area contributed by atoms with Gasteiger partial charge in [0.05, 0.1) is 5.69 Å². The van der Waals surface area contributed by atoms with Crippen LogP contribution in [-0.4, -0.2) is 21.2 Å². The first-order chi connectivity index (χ1) is 4.97. The summed E-state index contributed by atoms with van der Waals surface area (Å²) < 4.78 is 35.7. The van der Waals surface area contributed by atoms with Gasteiger partial charge in [-0.05, 0) is 6.92 Å². The molecule has 0 radical (unpaired) electrons. The summed E-state index contributed by atoms with van der Waals surface area (Å²) in [5.74, 6) is 0. The summed E-state index contributed by atoms with van der Waals surface area (Å²) in [6.07, 6.45) is -2.98. The highest BCUT2D eigenvalue weighted by atomic mass is 19.4. The average Bonchev–Trinajstić information content (AvgIpc) is 2.10. The van der Waals surface area contributed by atoms with Crippen molar-refractivity contribution in [1.29, 1.82) is 0 Å². The standard InChI is InChI=1S/C5H6F3N3/c1-4-2-11(10-9-4)3-5(6,7)8/h2H,3H2,1H3. The molecule has 0 spiro atoms. The van der Waals surface area contributed by atoms with E-state index in [0.29, 0.717) is 5.69 Å². The van der Waals surface area contributed by atoms with Crippen molar-refractivity contribution in [3.63, 3.8) is 0 Å². The number of aromatic nitrogens is 3. The van der Waals surface area contributed by atoms with Crippen LogP contribution in [-0.2, 0) is 6.54 Å². The van der Waals surface area contributed by atoms with Gasteiger partial charge in [0.2, 0.25) is 0 Å². The minimum Gasteiger partial charge on any atom is -0.243 e. The van der Waals surface area contributed by atoms with Crippen molar-refractivity contribution in [2.75, 3.05) is 0 Å². The van der Waals surface area contributed by atoms with Gasteiger partial charge in [-0.2, -0.15) is 13.2 Å². The van der Waals surface area contributed by atoms with Gasteiger partial charge in [-0.3, -0.25) is 0 Å². The van der Waals surface area contributed by atoms with E-state index in [2.05, 4.69) is 10.3 Å². The second kappa shape index (κ2) is 2.52. The highest BCUT2D eigenvalue weighted by molar-refractivity contribution is 4.86. The molecular weight excluding hydrogens is 159 g/mol. The fourth-order valence-electron chi connectivity index (χ4n) is 0.656. The predicted molar refractivity (Wildman–Crippen MR) is 30.8 cm³/mol. The summed E-state index contributed by atoms with van der Waals surface area (Å²) >= 11 is 0. The van der Waals surface area contributed by atoms with Crippen molar-refractivity contribution < 1.29 is 13.2 Å². The van der Waals surface area contributed by atoms with Crippen LogP contribution in [0.15, 0.2) is 6.20 Å². The van der Waals surface area contributed by atoms with Gasteiger partial charge in [0.15, 0.2) is 0 Å². The van der Waals surface area contributed by atoms with Crippen molar-refractivity contribution >= 4 is 0 Å². The Morgan fingerprint density at radius 2 is 2.18 bits per heavy atom. The maximum atomic E-state index is 11.7. The molecule has 1 heterocycles. The smallest absolute Gasteiger partial charge is 0.243 e. The van der Waals surface area contributed by atoms with Crippen molar-refractivity contribution in [3.05, 3.63) is 11.9 Å². The minimum atomic E-state index is -4.22. The van der Waals surface area contributed by atoms with Gasteiger partial charge in [-0.25, -0.2) is 4.68 Å². The van der Waals surface area contributed by atoms with Crippen LogP contribution in [0, 0.1) is 6.92 Å². The molecule has 0 fully saturated rings. The van der Waals surface area contributed by atoms with Gasteiger partial charge in [0.1, 0.15) is 6.54 Å². The maximum Gasteiger partial charge on any atom is 0.408 e. The maximum absolute atomic E-state index is 11.7. The van der Waals surface area contributed by atoms with E-state index >= 15 is 0 Å². The Hall–Kier alpha value is -1.07. The zero-order valence-electron chi connectivity index (χ0n) is 5.76. The first-order valence-corrected chi connectivity index (χ1v) is 2.91. The summed E-state index contributed by atoms with van der Waals surface area (Å²) in [7, 11) is 0. The van der Waals surface area contributed by atoms with Crippen molar-refractivity contribution in [1.82, 2.24) is 15.0 Å². The van der Waals surface area contributed by atoms with Crippen LogP contribution in [0.5, 0.6) is 0 Å². The lowest BCUT2D eigenvalue weighted by Gasteiger charge is -2.03.